The van der Waals surface area contributed by atoms with E-state index >= 15 is 0 Å². The Labute approximate surface area is 125 Å². The molecule has 1 rings (SSSR count). The molecule has 0 aliphatic heterocycles. The molecule has 2 nitrogen and oxygen atoms in total. The Morgan fingerprint density at radius 2 is 1.65 bits per heavy atom. The molecule has 0 saturated heterocycles. The van der Waals surface area contributed by atoms with Crippen molar-refractivity contribution in [2.75, 3.05) is 26.7 Å². The maximum Gasteiger partial charge on any atom is 0.0177 e. The predicted octanol–water partition coefficient (Wildman–Crippen LogP) is 3.67. The molecule has 0 saturated carbocycles. The summed E-state index contributed by atoms with van der Waals surface area (Å²) in [6.07, 6.45) is 1.20. The third kappa shape index (κ3) is 5.64. The second-order valence-corrected chi connectivity index (χ2v) is 7.27. The highest BCUT2D eigenvalue weighted by Crippen LogP contribution is 2.25. The van der Waals surface area contributed by atoms with Gasteiger partial charge in [0.05, 0.1) is 0 Å². The van der Waals surface area contributed by atoms with Crippen molar-refractivity contribution < 1.29 is 0 Å². The number of nitrogens with zero attached hydrogens (tertiary/aromatic N) is 1. The Morgan fingerprint density at radius 1 is 1.05 bits per heavy atom. The molecule has 114 valence electrons. The lowest BCUT2D eigenvalue weighted by atomic mass is 9.81. The van der Waals surface area contributed by atoms with E-state index in [1.54, 1.807) is 0 Å². The van der Waals surface area contributed by atoms with Gasteiger partial charge in [-0.1, -0.05) is 44.2 Å². The third-order valence-corrected chi connectivity index (χ3v) is 3.70. The molecule has 20 heavy (non-hydrogen) atoms. The Balaban J connectivity index is 2.88. The summed E-state index contributed by atoms with van der Waals surface area (Å²) in [7, 11) is 2.22. The van der Waals surface area contributed by atoms with E-state index in [1.165, 1.54) is 12.0 Å². The van der Waals surface area contributed by atoms with Crippen LogP contribution in [-0.2, 0) is 5.41 Å². The van der Waals surface area contributed by atoms with Gasteiger partial charge in [-0.2, -0.15) is 0 Å². The minimum absolute atomic E-state index is 0.137. The largest absolute Gasteiger partial charge is 0.311 e. The van der Waals surface area contributed by atoms with Crippen molar-refractivity contribution in [1.29, 1.82) is 0 Å². The van der Waals surface area contributed by atoms with Gasteiger partial charge in [0.1, 0.15) is 0 Å². The fourth-order valence-electron chi connectivity index (χ4n) is 2.61. The lowest BCUT2D eigenvalue weighted by molar-refractivity contribution is 0.236. The van der Waals surface area contributed by atoms with Crippen LogP contribution in [0.5, 0.6) is 0 Å². The van der Waals surface area contributed by atoms with Gasteiger partial charge in [0.15, 0.2) is 0 Å². The number of benzene rings is 1. The molecule has 1 atom stereocenters. The normalized spacial score (nSPS) is 15.3. The molecular formula is C18H32N2. The molecule has 0 aromatic heterocycles. The van der Waals surface area contributed by atoms with Crippen molar-refractivity contribution in [2.24, 2.45) is 0 Å². The second-order valence-electron chi connectivity index (χ2n) is 7.27. The fraction of sp³-hybridized carbons (Fsp3) is 0.667. The summed E-state index contributed by atoms with van der Waals surface area (Å²) in [4.78, 5) is 2.44. The van der Waals surface area contributed by atoms with Crippen LogP contribution in [-0.4, -0.2) is 37.1 Å². The van der Waals surface area contributed by atoms with Crippen molar-refractivity contribution in [3.8, 4) is 0 Å². The zero-order valence-corrected chi connectivity index (χ0v) is 14.2. The van der Waals surface area contributed by atoms with E-state index in [1.807, 2.05) is 0 Å². The molecule has 0 aliphatic rings. The highest BCUT2D eigenvalue weighted by atomic mass is 15.1. The van der Waals surface area contributed by atoms with Crippen LogP contribution in [0.25, 0.3) is 0 Å². The summed E-state index contributed by atoms with van der Waals surface area (Å²) < 4.78 is 0. The van der Waals surface area contributed by atoms with Crippen molar-refractivity contribution >= 4 is 0 Å². The maximum atomic E-state index is 3.68. The molecule has 1 aromatic rings. The topological polar surface area (TPSA) is 15.3 Å². The first-order valence-corrected chi connectivity index (χ1v) is 7.76. The quantitative estimate of drug-likeness (QED) is 0.817. The maximum absolute atomic E-state index is 3.68. The standard InChI is InChI=1S/C18H32N2/c1-7-13-20(6)15-18(5,14-19-17(2,3)4)16-11-9-8-10-12-16/h8-12,19H,7,13-15H2,1-6H3. The number of likely N-dealkylation sites (N-methyl/N-ethyl adjacent to an activating group) is 1. The van der Waals surface area contributed by atoms with Gasteiger partial charge >= 0.3 is 0 Å². The van der Waals surface area contributed by atoms with Crippen molar-refractivity contribution in [3.05, 3.63) is 35.9 Å². The fourth-order valence-corrected chi connectivity index (χ4v) is 2.61. The molecule has 1 aromatic carbocycles. The number of rotatable bonds is 7. The van der Waals surface area contributed by atoms with E-state index in [0.717, 1.165) is 19.6 Å². The van der Waals surface area contributed by atoms with Crippen LogP contribution in [0, 0.1) is 0 Å². The first-order chi connectivity index (χ1) is 9.27. The van der Waals surface area contributed by atoms with E-state index in [2.05, 4.69) is 82.2 Å². The van der Waals surface area contributed by atoms with Crippen LogP contribution in [0.15, 0.2) is 30.3 Å². The van der Waals surface area contributed by atoms with Crippen LogP contribution < -0.4 is 5.32 Å². The first-order valence-electron chi connectivity index (χ1n) is 7.76. The molecule has 1 N–H and O–H groups in total. The average Bonchev–Trinajstić information content (AvgIpc) is 2.37. The molecular weight excluding hydrogens is 244 g/mol. The molecule has 2 heteroatoms. The minimum atomic E-state index is 0.137. The van der Waals surface area contributed by atoms with Gasteiger partial charge in [-0.3, -0.25) is 0 Å². The van der Waals surface area contributed by atoms with Gasteiger partial charge < -0.3 is 10.2 Å². The summed E-state index contributed by atoms with van der Waals surface area (Å²) in [5.74, 6) is 0. The number of hydrogen-bond acceptors (Lipinski definition) is 2. The highest BCUT2D eigenvalue weighted by molar-refractivity contribution is 5.25. The molecule has 1 unspecified atom stereocenters. The van der Waals surface area contributed by atoms with Gasteiger partial charge in [0, 0.05) is 24.0 Å². The van der Waals surface area contributed by atoms with Crippen LogP contribution in [0.2, 0.25) is 0 Å². The van der Waals surface area contributed by atoms with Crippen molar-refractivity contribution in [3.63, 3.8) is 0 Å². The SMILES string of the molecule is CCCN(C)CC(C)(CNC(C)(C)C)c1ccccc1. The lowest BCUT2D eigenvalue weighted by Gasteiger charge is -2.37. The van der Waals surface area contributed by atoms with Gasteiger partial charge in [0.25, 0.3) is 0 Å². The summed E-state index contributed by atoms with van der Waals surface area (Å²) in [5, 5.41) is 3.68. The van der Waals surface area contributed by atoms with Crippen LogP contribution in [0.4, 0.5) is 0 Å². The van der Waals surface area contributed by atoms with Crippen molar-refractivity contribution in [2.45, 2.75) is 52.0 Å². The summed E-state index contributed by atoms with van der Waals surface area (Å²) >= 11 is 0. The van der Waals surface area contributed by atoms with Crippen LogP contribution >= 0.6 is 0 Å². The van der Waals surface area contributed by atoms with E-state index < -0.39 is 0 Å². The van der Waals surface area contributed by atoms with Gasteiger partial charge in [-0.15, -0.1) is 0 Å². The summed E-state index contributed by atoms with van der Waals surface area (Å²) in [6, 6.07) is 10.9. The molecule has 0 fully saturated rings. The first kappa shape index (κ1) is 17.2. The Kier molecular flexibility index (Phi) is 6.22. The predicted molar refractivity (Wildman–Crippen MR) is 89.3 cm³/mol. The Morgan fingerprint density at radius 3 is 2.15 bits per heavy atom. The van der Waals surface area contributed by atoms with Gasteiger partial charge in [0.2, 0.25) is 0 Å². The number of hydrogen-bond donors (Lipinski definition) is 1. The average molecular weight is 276 g/mol. The van der Waals surface area contributed by atoms with E-state index in [4.69, 9.17) is 0 Å². The van der Waals surface area contributed by atoms with Gasteiger partial charge in [-0.25, -0.2) is 0 Å². The molecule has 0 aliphatic carbocycles. The van der Waals surface area contributed by atoms with E-state index in [-0.39, 0.29) is 11.0 Å². The minimum Gasteiger partial charge on any atom is -0.311 e. The zero-order chi connectivity index (χ0) is 15.2. The smallest absolute Gasteiger partial charge is 0.0177 e. The highest BCUT2D eigenvalue weighted by Gasteiger charge is 2.29. The number of nitrogens with one attached hydrogen (secondary N) is 1. The van der Waals surface area contributed by atoms with E-state index in [0.29, 0.717) is 0 Å². The molecule has 0 spiro atoms. The van der Waals surface area contributed by atoms with Crippen LogP contribution in [0.1, 0.15) is 46.6 Å². The molecule has 0 bridgehead atoms. The summed E-state index contributed by atoms with van der Waals surface area (Å²) in [6.45, 7) is 14.5. The Hall–Kier alpha value is -0.860. The van der Waals surface area contributed by atoms with E-state index in [9.17, 15) is 0 Å². The molecule has 0 amide bonds. The van der Waals surface area contributed by atoms with Gasteiger partial charge in [-0.05, 0) is 46.3 Å². The van der Waals surface area contributed by atoms with Crippen molar-refractivity contribution in [1.82, 2.24) is 10.2 Å². The molecule has 0 heterocycles. The molecule has 0 radical (unpaired) electrons. The van der Waals surface area contributed by atoms with Crippen LogP contribution in [0.3, 0.4) is 0 Å². The Bertz CT molecular complexity index is 380. The second kappa shape index (κ2) is 7.24. The third-order valence-electron chi connectivity index (χ3n) is 3.70. The zero-order valence-electron chi connectivity index (χ0n) is 14.2. The monoisotopic (exact) mass is 276 g/mol. The summed E-state index contributed by atoms with van der Waals surface area (Å²) in [5.41, 5.74) is 1.71. The lowest BCUT2D eigenvalue weighted by Crippen LogP contribution is -2.49.